The number of nitrogens with zero attached hydrogens (tertiary/aromatic N) is 1. The predicted molar refractivity (Wildman–Crippen MR) is 73.0 cm³/mol. The smallest absolute Gasteiger partial charge is 0.0791 e. The van der Waals surface area contributed by atoms with Gasteiger partial charge in [0.25, 0.3) is 0 Å². The molecule has 0 aromatic heterocycles. The van der Waals surface area contributed by atoms with Gasteiger partial charge in [0.1, 0.15) is 0 Å². The summed E-state index contributed by atoms with van der Waals surface area (Å²) in [6, 6.07) is 8.01. The van der Waals surface area contributed by atoms with E-state index in [-0.39, 0.29) is 6.10 Å². The maximum Gasteiger partial charge on any atom is 0.0791 e. The van der Waals surface area contributed by atoms with E-state index in [1.54, 1.807) is 0 Å². The van der Waals surface area contributed by atoms with Gasteiger partial charge in [-0.2, -0.15) is 0 Å². The normalized spacial score (nSPS) is 11.9. The van der Waals surface area contributed by atoms with E-state index in [2.05, 4.69) is 17.7 Å². The number of rotatable bonds is 6. The number of anilines is 1. The van der Waals surface area contributed by atoms with Crippen molar-refractivity contribution in [2.24, 2.45) is 0 Å². The Labute approximate surface area is 104 Å². The molecule has 0 fully saturated rings. The average Bonchev–Trinajstić information content (AvgIpc) is 2.38. The number of hydrogen-bond donors (Lipinski definition) is 1. The molecule has 0 aliphatic carbocycles. The molecule has 92 valence electrons. The molecule has 1 rings (SSSR count). The van der Waals surface area contributed by atoms with E-state index in [9.17, 15) is 5.11 Å². The molecular formula is C15H21NO. The summed E-state index contributed by atoms with van der Waals surface area (Å²) in [6.45, 7) is 5.70. The van der Waals surface area contributed by atoms with E-state index in [1.165, 1.54) is 0 Å². The second-order valence-corrected chi connectivity index (χ2v) is 4.14. The summed E-state index contributed by atoms with van der Waals surface area (Å²) in [5, 5.41) is 9.72. The molecule has 0 heterocycles. The molecule has 0 saturated carbocycles. The zero-order chi connectivity index (χ0) is 12.7. The van der Waals surface area contributed by atoms with Gasteiger partial charge in [-0.15, -0.1) is 6.42 Å². The fourth-order valence-electron chi connectivity index (χ4n) is 1.82. The van der Waals surface area contributed by atoms with Gasteiger partial charge in [-0.3, -0.25) is 0 Å². The first kappa shape index (κ1) is 13.6. The maximum absolute atomic E-state index is 9.72. The van der Waals surface area contributed by atoms with Crippen molar-refractivity contribution in [2.75, 3.05) is 18.0 Å². The van der Waals surface area contributed by atoms with Crippen molar-refractivity contribution in [3.8, 4) is 12.3 Å². The van der Waals surface area contributed by atoms with E-state index in [0.29, 0.717) is 6.54 Å². The first-order valence-electron chi connectivity index (χ1n) is 6.19. The maximum atomic E-state index is 9.72. The SMILES string of the molecule is C#CCN(CCC)c1ccc([C@H](O)CC)cc1. The molecule has 0 unspecified atom stereocenters. The van der Waals surface area contributed by atoms with Gasteiger partial charge in [0, 0.05) is 12.2 Å². The van der Waals surface area contributed by atoms with Gasteiger partial charge in [-0.05, 0) is 30.5 Å². The van der Waals surface area contributed by atoms with Crippen molar-refractivity contribution in [2.45, 2.75) is 32.8 Å². The molecule has 0 radical (unpaired) electrons. The highest BCUT2D eigenvalue weighted by Crippen LogP contribution is 2.21. The lowest BCUT2D eigenvalue weighted by molar-refractivity contribution is 0.173. The lowest BCUT2D eigenvalue weighted by Crippen LogP contribution is -2.24. The van der Waals surface area contributed by atoms with Crippen LogP contribution in [0.4, 0.5) is 5.69 Å². The minimum absolute atomic E-state index is 0.365. The Hall–Kier alpha value is -1.46. The third-order valence-electron chi connectivity index (χ3n) is 2.81. The fourth-order valence-corrected chi connectivity index (χ4v) is 1.82. The van der Waals surface area contributed by atoms with Crippen LogP contribution >= 0.6 is 0 Å². The number of benzene rings is 1. The summed E-state index contributed by atoms with van der Waals surface area (Å²) in [5.74, 6) is 2.68. The van der Waals surface area contributed by atoms with Gasteiger partial charge in [-0.25, -0.2) is 0 Å². The third-order valence-corrected chi connectivity index (χ3v) is 2.81. The minimum atomic E-state index is -0.365. The molecule has 2 heteroatoms. The monoisotopic (exact) mass is 231 g/mol. The fraction of sp³-hybridized carbons (Fsp3) is 0.467. The molecule has 0 aliphatic heterocycles. The van der Waals surface area contributed by atoms with Gasteiger partial charge < -0.3 is 10.0 Å². The highest BCUT2D eigenvalue weighted by atomic mass is 16.3. The van der Waals surface area contributed by atoms with Crippen molar-refractivity contribution in [1.29, 1.82) is 0 Å². The Morgan fingerprint density at radius 3 is 2.41 bits per heavy atom. The molecule has 0 aliphatic rings. The lowest BCUT2D eigenvalue weighted by Gasteiger charge is -2.22. The number of aliphatic hydroxyl groups excluding tert-OH is 1. The quantitative estimate of drug-likeness (QED) is 0.761. The largest absolute Gasteiger partial charge is 0.388 e. The number of aliphatic hydroxyl groups is 1. The van der Waals surface area contributed by atoms with Crippen LogP contribution in [-0.4, -0.2) is 18.2 Å². The Bertz CT molecular complexity index is 364. The number of terminal acetylenes is 1. The molecule has 1 atom stereocenters. The zero-order valence-electron chi connectivity index (χ0n) is 10.7. The summed E-state index contributed by atoms with van der Waals surface area (Å²) in [5.41, 5.74) is 2.09. The topological polar surface area (TPSA) is 23.5 Å². The Morgan fingerprint density at radius 1 is 1.29 bits per heavy atom. The molecule has 0 amide bonds. The standard InChI is InChI=1S/C15H21NO/c1-4-11-16(12-5-2)14-9-7-13(8-10-14)15(17)6-3/h1,7-10,15,17H,5-6,11-12H2,2-3H3/t15-/m1/s1. The van der Waals surface area contributed by atoms with E-state index < -0.39 is 0 Å². The van der Waals surface area contributed by atoms with Gasteiger partial charge in [-0.1, -0.05) is 31.9 Å². The van der Waals surface area contributed by atoms with Crippen molar-refractivity contribution < 1.29 is 5.11 Å². The van der Waals surface area contributed by atoms with Crippen molar-refractivity contribution >= 4 is 5.69 Å². The number of hydrogen-bond acceptors (Lipinski definition) is 2. The summed E-state index contributed by atoms with van der Waals surface area (Å²) in [4.78, 5) is 2.17. The van der Waals surface area contributed by atoms with E-state index in [0.717, 1.165) is 30.6 Å². The Morgan fingerprint density at radius 2 is 1.94 bits per heavy atom. The van der Waals surface area contributed by atoms with E-state index in [4.69, 9.17) is 6.42 Å². The Balaban J connectivity index is 2.80. The molecule has 1 aromatic carbocycles. The van der Waals surface area contributed by atoms with Gasteiger partial charge in [0.15, 0.2) is 0 Å². The summed E-state index contributed by atoms with van der Waals surface area (Å²) in [7, 11) is 0. The molecule has 0 saturated heterocycles. The van der Waals surface area contributed by atoms with Crippen LogP contribution in [-0.2, 0) is 0 Å². The summed E-state index contributed by atoms with van der Waals surface area (Å²) in [6.07, 6.45) is 6.81. The van der Waals surface area contributed by atoms with Crippen LogP contribution in [0.5, 0.6) is 0 Å². The van der Waals surface area contributed by atoms with Gasteiger partial charge in [0.2, 0.25) is 0 Å². The van der Waals surface area contributed by atoms with Crippen LogP contribution in [0.3, 0.4) is 0 Å². The minimum Gasteiger partial charge on any atom is -0.388 e. The molecule has 0 spiro atoms. The summed E-state index contributed by atoms with van der Waals surface area (Å²) >= 11 is 0. The first-order valence-corrected chi connectivity index (χ1v) is 6.19. The first-order chi connectivity index (χ1) is 8.22. The van der Waals surface area contributed by atoms with E-state index in [1.807, 2.05) is 31.2 Å². The molecule has 0 bridgehead atoms. The van der Waals surface area contributed by atoms with Crippen LogP contribution in [0.2, 0.25) is 0 Å². The van der Waals surface area contributed by atoms with Gasteiger partial charge in [0.05, 0.1) is 12.6 Å². The molecule has 17 heavy (non-hydrogen) atoms. The lowest BCUT2D eigenvalue weighted by atomic mass is 10.1. The molecule has 2 nitrogen and oxygen atoms in total. The molecule has 1 aromatic rings. The van der Waals surface area contributed by atoms with Crippen LogP contribution < -0.4 is 4.90 Å². The zero-order valence-corrected chi connectivity index (χ0v) is 10.7. The highest BCUT2D eigenvalue weighted by molar-refractivity contribution is 5.48. The van der Waals surface area contributed by atoms with Crippen LogP contribution in [0.15, 0.2) is 24.3 Å². The molecular weight excluding hydrogens is 210 g/mol. The summed E-state index contributed by atoms with van der Waals surface area (Å²) < 4.78 is 0. The average molecular weight is 231 g/mol. The van der Waals surface area contributed by atoms with Crippen LogP contribution in [0.25, 0.3) is 0 Å². The van der Waals surface area contributed by atoms with E-state index >= 15 is 0 Å². The second-order valence-electron chi connectivity index (χ2n) is 4.14. The second kappa shape index (κ2) is 6.98. The highest BCUT2D eigenvalue weighted by Gasteiger charge is 2.07. The molecule has 1 N–H and O–H groups in total. The van der Waals surface area contributed by atoms with Crippen LogP contribution in [0.1, 0.15) is 38.4 Å². The Kier molecular flexibility index (Phi) is 5.59. The van der Waals surface area contributed by atoms with Crippen molar-refractivity contribution in [3.05, 3.63) is 29.8 Å². The predicted octanol–water partition coefficient (Wildman–Crippen LogP) is 2.98. The van der Waals surface area contributed by atoms with Crippen LogP contribution in [0, 0.1) is 12.3 Å². The van der Waals surface area contributed by atoms with Gasteiger partial charge >= 0.3 is 0 Å². The third kappa shape index (κ3) is 3.80. The van der Waals surface area contributed by atoms with Crippen molar-refractivity contribution in [1.82, 2.24) is 0 Å². The van der Waals surface area contributed by atoms with Crippen molar-refractivity contribution in [3.63, 3.8) is 0 Å².